The second-order valence-electron chi connectivity index (χ2n) is 3.25. The van der Waals surface area contributed by atoms with E-state index in [0.717, 1.165) is 21.8 Å². The summed E-state index contributed by atoms with van der Waals surface area (Å²) in [6, 6.07) is 0. The molecule has 0 fully saturated rings. The van der Waals surface area contributed by atoms with E-state index in [-0.39, 0.29) is 13.3 Å². The van der Waals surface area contributed by atoms with Gasteiger partial charge in [0, 0.05) is 0 Å². The first-order valence-corrected chi connectivity index (χ1v) is 6.33. The maximum atomic E-state index is 8.64. The van der Waals surface area contributed by atoms with Gasteiger partial charge in [-0.1, -0.05) is 6.92 Å². The van der Waals surface area contributed by atoms with Crippen molar-refractivity contribution in [3.8, 4) is 0 Å². The SMILES string of the molecule is CCSc1ncnc2c1cnn2COCCO. The molecule has 0 spiro atoms. The average molecular weight is 254 g/mol. The molecular formula is C10H14N4O2S. The highest BCUT2D eigenvalue weighted by Crippen LogP contribution is 2.23. The minimum absolute atomic E-state index is 0.00508. The molecular weight excluding hydrogens is 240 g/mol. The Morgan fingerprint density at radius 1 is 1.47 bits per heavy atom. The van der Waals surface area contributed by atoms with E-state index in [1.54, 1.807) is 22.6 Å². The fourth-order valence-electron chi connectivity index (χ4n) is 1.43. The third kappa shape index (κ3) is 2.74. The molecule has 0 aliphatic heterocycles. The standard InChI is InChI=1S/C10H14N4O2S/c1-2-17-10-8-5-13-14(7-16-4-3-15)9(8)11-6-12-10/h5-6,15H,2-4,7H2,1H3. The summed E-state index contributed by atoms with van der Waals surface area (Å²) in [6.07, 6.45) is 3.28. The van der Waals surface area contributed by atoms with Gasteiger partial charge in [-0.3, -0.25) is 0 Å². The molecule has 7 heteroatoms. The van der Waals surface area contributed by atoms with Crippen molar-refractivity contribution in [1.82, 2.24) is 19.7 Å². The van der Waals surface area contributed by atoms with Gasteiger partial charge in [0.15, 0.2) is 5.65 Å². The van der Waals surface area contributed by atoms with Crippen molar-refractivity contribution in [3.63, 3.8) is 0 Å². The van der Waals surface area contributed by atoms with E-state index in [2.05, 4.69) is 22.0 Å². The van der Waals surface area contributed by atoms with E-state index in [1.807, 2.05) is 0 Å². The Bertz CT molecular complexity index is 488. The molecule has 92 valence electrons. The first-order chi connectivity index (χ1) is 8.36. The van der Waals surface area contributed by atoms with Gasteiger partial charge >= 0.3 is 0 Å². The van der Waals surface area contributed by atoms with Crippen LogP contribution in [0.2, 0.25) is 0 Å². The second-order valence-corrected chi connectivity index (χ2v) is 4.51. The lowest BCUT2D eigenvalue weighted by Crippen LogP contribution is -2.07. The lowest BCUT2D eigenvalue weighted by Gasteiger charge is -2.03. The maximum Gasteiger partial charge on any atom is 0.164 e. The van der Waals surface area contributed by atoms with Gasteiger partial charge in [0.2, 0.25) is 0 Å². The van der Waals surface area contributed by atoms with Gasteiger partial charge in [0.25, 0.3) is 0 Å². The number of fused-ring (bicyclic) bond motifs is 1. The van der Waals surface area contributed by atoms with Crippen molar-refractivity contribution < 1.29 is 9.84 Å². The topological polar surface area (TPSA) is 73.1 Å². The predicted molar refractivity (Wildman–Crippen MR) is 64.8 cm³/mol. The Labute approximate surface area is 103 Å². The third-order valence-electron chi connectivity index (χ3n) is 2.13. The van der Waals surface area contributed by atoms with Crippen LogP contribution >= 0.6 is 11.8 Å². The molecule has 0 amide bonds. The number of aromatic nitrogens is 4. The highest BCUT2D eigenvalue weighted by molar-refractivity contribution is 7.99. The lowest BCUT2D eigenvalue weighted by molar-refractivity contribution is 0.0439. The van der Waals surface area contributed by atoms with Crippen LogP contribution in [0.25, 0.3) is 11.0 Å². The van der Waals surface area contributed by atoms with Crippen LogP contribution in [0.15, 0.2) is 17.6 Å². The number of thioether (sulfide) groups is 1. The van der Waals surface area contributed by atoms with E-state index in [1.165, 1.54) is 6.33 Å². The molecule has 17 heavy (non-hydrogen) atoms. The Morgan fingerprint density at radius 2 is 2.35 bits per heavy atom. The summed E-state index contributed by atoms with van der Waals surface area (Å²) in [6.45, 7) is 2.67. The number of hydrogen-bond donors (Lipinski definition) is 1. The molecule has 6 nitrogen and oxygen atoms in total. The number of aliphatic hydroxyl groups is 1. The fraction of sp³-hybridized carbons (Fsp3) is 0.500. The molecule has 2 heterocycles. The lowest BCUT2D eigenvalue weighted by atomic mass is 10.4. The first-order valence-electron chi connectivity index (χ1n) is 5.34. The third-order valence-corrected chi connectivity index (χ3v) is 3.01. The molecule has 0 aliphatic rings. The van der Waals surface area contributed by atoms with Crippen LogP contribution in [0, 0.1) is 0 Å². The van der Waals surface area contributed by atoms with Gasteiger partial charge in [-0.05, 0) is 5.75 Å². The minimum atomic E-state index is 0.00508. The number of nitrogens with zero attached hydrogens (tertiary/aromatic N) is 4. The Hall–Kier alpha value is -1.18. The molecule has 0 aromatic carbocycles. The molecule has 1 N–H and O–H groups in total. The van der Waals surface area contributed by atoms with Gasteiger partial charge in [-0.25, -0.2) is 14.6 Å². The van der Waals surface area contributed by atoms with Crippen LogP contribution in [0.1, 0.15) is 6.92 Å². The monoisotopic (exact) mass is 254 g/mol. The van der Waals surface area contributed by atoms with E-state index in [4.69, 9.17) is 9.84 Å². The number of rotatable bonds is 6. The summed E-state index contributed by atoms with van der Waals surface area (Å²) >= 11 is 1.66. The summed E-state index contributed by atoms with van der Waals surface area (Å²) in [7, 11) is 0. The molecule has 0 saturated carbocycles. The summed E-state index contributed by atoms with van der Waals surface area (Å²) in [5.41, 5.74) is 0.758. The highest BCUT2D eigenvalue weighted by Gasteiger charge is 2.09. The second kappa shape index (κ2) is 5.95. The van der Waals surface area contributed by atoms with Gasteiger partial charge in [-0.15, -0.1) is 11.8 Å². The van der Waals surface area contributed by atoms with Crippen molar-refractivity contribution in [3.05, 3.63) is 12.5 Å². The Kier molecular flexibility index (Phi) is 4.29. The van der Waals surface area contributed by atoms with Gasteiger partial charge in [0.1, 0.15) is 18.1 Å². The summed E-state index contributed by atoms with van der Waals surface area (Å²) in [4.78, 5) is 8.42. The molecule has 2 aromatic heterocycles. The van der Waals surface area contributed by atoms with Crippen LogP contribution in [0.4, 0.5) is 0 Å². The number of hydrogen-bond acceptors (Lipinski definition) is 6. The van der Waals surface area contributed by atoms with Crippen molar-refractivity contribution in [2.75, 3.05) is 19.0 Å². The highest BCUT2D eigenvalue weighted by atomic mass is 32.2. The molecule has 0 atom stereocenters. The number of aliphatic hydroxyl groups excluding tert-OH is 1. The maximum absolute atomic E-state index is 8.64. The van der Waals surface area contributed by atoms with Crippen LogP contribution in [0.5, 0.6) is 0 Å². The van der Waals surface area contributed by atoms with Crippen molar-refractivity contribution in [2.45, 2.75) is 18.7 Å². The first kappa shape index (κ1) is 12.3. The largest absolute Gasteiger partial charge is 0.394 e. The Morgan fingerprint density at radius 3 is 3.12 bits per heavy atom. The smallest absolute Gasteiger partial charge is 0.164 e. The number of ether oxygens (including phenoxy) is 1. The average Bonchev–Trinajstić information content (AvgIpc) is 2.75. The van der Waals surface area contributed by atoms with Gasteiger partial charge in [-0.2, -0.15) is 5.10 Å². The van der Waals surface area contributed by atoms with Crippen molar-refractivity contribution >= 4 is 22.8 Å². The van der Waals surface area contributed by atoms with E-state index >= 15 is 0 Å². The summed E-state index contributed by atoms with van der Waals surface area (Å²) in [5, 5.41) is 14.7. The predicted octanol–water partition coefficient (Wildman–Crippen LogP) is 0.905. The molecule has 2 rings (SSSR count). The zero-order valence-electron chi connectivity index (χ0n) is 9.54. The molecule has 0 bridgehead atoms. The molecule has 0 aliphatic carbocycles. The zero-order chi connectivity index (χ0) is 12.1. The Balaban J connectivity index is 2.24. The minimum Gasteiger partial charge on any atom is -0.394 e. The molecule has 0 radical (unpaired) electrons. The molecule has 0 saturated heterocycles. The van der Waals surface area contributed by atoms with Gasteiger partial charge < -0.3 is 9.84 Å². The van der Waals surface area contributed by atoms with E-state index in [9.17, 15) is 0 Å². The summed E-state index contributed by atoms with van der Waals surface area (Å²) < 4.78 is 6.88. The van der Waals surface area contributed by atoms with Crippen LogP contribution in [-0.4, -0.2) is 43.8 Å². The normalized spacial score (nSPS) is 11.2. The van der Waals surface area contributed by atoms with Crippen LogP contribution in [0.3, 0.4) is 0 Å². The molecule has 2 aromatic rings. The van der Waals surface area contributed by atoms with E-state index < -0.39 is 0 Å². The van der Waals surface area contributed by atoms with E-state index in [0.29, 0.717) is 6.61 Å². The van der Waals surface area contributed by atoms with Gasteiger partial charge in [0.05, 0.1) is 24.8 Å². The quantitative estimate of drug-likeness (QED) is 0.469. The zero-order valence-corrected chi connectivity index (χ0v) is 10.4. The fourth-order valence-corrected chi connectivity index (χ4v) is 2.13. The van der Waals surface area contributed by atoms with Crippen LogP contribution < -0.4 is 0 Å². The van der Waals surface area contributed by atoms with Crippen molar-refractivity contribution in [1.29, 1.82) is 0 Å². The summed E-state index contributed by atoms with van der Waals surface area (Å²) in [5.74, 6) is 0.957. The van der Waals surface area contributed by atoms with Crippen molar-refractivity contribution in [2.24, 2.45) is 0 Å². The van der Waals surface area contributed by atoms with Crippen LogP contribution in [-0.2, 0) is 11.5 Å². The molecule has 0 unspecified atom stereocenters.